The molecule has 1 aliphatic rings. The van der Waals surface area contributed by atoms with Gasteiger partial charge in [-0.2, -0.15) is 5.10 Å². The lowest BCUT2D eigenvalue weighted by molar-refractivity contribution is -0.0679. The van der Waals surface area contributed by atoms with Crippen LogP contribution in [0.5, 0.6) is 0 Å². The molecular formula is C15H26N4O2. The van der Waals surface area contributed by atoms with Gasteiger partial charge >= 0.3 is 0 Å². The zero-order chi connectivity index (χ0) is 15.2. The highest BCUT2D eigenvalue weighted by Gasteiger charge is 2.21. The fourth-order valence-corrected chi connectivity index (χ4v) is 2.72. The molecule has 2 rings (SSSR count). The molecule has 0 radical (unpaired) electrons. The number of ether oxygens (including phenoxy) is 1. The minimum Gasteiger partial charge on any atom is -0.373 e. The van der Waals surface area contributed by atoms with Gasteiger partial charge in [0.2, 0.25) is 0 Å². The Morgan fingerprint density at radius 2 is 2.19 bits per heavy atom. The van der Waals surface area contributed by atoms with Crippen LogP contribution in [-0.2, 0) is 11.2 Å². The minimum absolute atomic E-state index is 0.102. The number of hydrogen-bond donors (Lipinski definition) is 2. The Morgan fingerprint density at radius 3 is 2.81 bits per heavy atom. The summed E-state index contributed by atoms with van der Waals surface area (Å²) in [4.78, 5) is 14.3. The van der Waals surface area contributed by atoms with Gasteiger partial charge in [-0.3, -0.25) is 14.8 Å². The second-order valence-corrected chi connectivity index (χ2v) is 5.76. The van der Waals surface area contributed by atoms with Crippen LogP contribution < -0.4 is 5.32 Å². The Kier molecular flexibility index (Phi) is 5.76. The average molecular weight is 294 g/mol. The quantitative estimate of drug-likeness (QED) is 0.774. The topological polar surface area (TPSA) is 70.2 Å². The maximum atomic E-state index is 11.9. The number of carbonyl (C=O) groups is 1. The Balaban J connectivity index is 1.66. The maximum absolute atomic E-state index is 11.9. The normalized spacial score (nSPS) is 23.2. The van der Waals surface area contributed by atoms with Crippen molar-refractivity contribution in [2.45, 2.75) is 45.8 Å². The largest absolute Gasteiger partial charge is 0.373 e. The Hall–Kier alpha value is -1.40. The first-order valence-corrected chi connectivity index (χ1v) is 7.78. The van der Waals surface area contributed by atoms with Crippen molar-refractivity contribution in [3.8, 4) is 0 Å². The molecule has 1 saturated heterocycles. The molecule has 0 bridgehead atoms. The van der Waals surface area contributed by atoms with Crippen molar-refractivity contribution in [3.63, 3.8) is 0 Å². The number of nitrogens with zero attached hydrogens (tertiary/aromatic N) is 2. The van der Waals surface area contributed by atoms with Crippen LogP contribution in [0.1, 0.15) is 43.4 Å². The molecule has 1 aliphatic heterocycles. The smallest absolute Gasteiger partial charge is 0.271 e. The van der Waals surface area contributed by atoms with E-state index in [1.807, 2.05) is 6.92 Å². The highest BCUT2D eigenvalue weighted by Crippen LogP contribution is 2.10. The third-order valence-corrected chi connectivity index (χ3v) is 3.68. The first-order chi connectivity index (χ1) is 10.1. The van der Waals surface area contributed by atoms with Gasteiger partial charge < -0.3 is 10.1 Å². The molecule has 0 saturated carbocycles. The summed E-state index contributed by atoms with van der Waals surface area (Å²) in [5, 5.41) is 9.79. The lowest BCUT2D eigenvalue weighted by Gasteiger charge is -2.35. The molecule has 6 nitrogen and oxygen atoms in total. The highest BCUT2D eigenvalue weighted by molar-refractivity contribution is 5.92. The van der Waals surface area contributed by atoms with Gasteiger partial charge in [0.05, 0.1) is 12.2 Å². The van der Waals surface area contributed by atoms with E-state index in [2.05, 4.69) is 34.3 Å². The molecule has 2 heterocycles. The molecular weight excluding hydrogens is 268 g/mol. The first kappa shape index (κ1) is 16.0. The van der Waals surface area contributed by atoms with Gasteiger partial charge in [0.25, 0.3) is 5.91 Å². The van der Waals surface area contributed by atoms with Crippen LogP contribution in [0, 0.1) is 0 Å². The van der Waals surface area contributed by atoms with Crippen molar-refractivity contribution in [2.75, 3.05) is 26.2 Å². The predicted octanol–water partition coefficient (Wildman–Crippen LogP) is 1.20. The second kappa shape index (κ2) is 7.56. The molecule has 6 heteroatoms. The van der Waals surface area contributed by atoms with Gasteiger partial charge in [-0.05, 0) is 32.8 Å². The number of morpholine rings is 1. The van der Waals surface area contributed by atoms with Crippen molar-refractivity contribution in [1.29, 1.82) is 0 Å². The molecule has 1 fully saturated rings. The van der Waals surface area contributed by atoms with Gasteiger partial charge in [0.1, 0.15) is 5.69 Å². The van der Waals surface area contributed by atoms with Crippen molar-refractivity contribution >= 4 is 5.91 Å². The van der Waals surface area contributed by atoms with Gasteiger partial charge in [-0.25, -0.2) is 0 Å². The van der Waals surface area contributed by atoms with Crippen molar-refractivity contribution in [2.24, 2.45) is 0 Å². The third kappa shape index (κ3) is 4.82. The van der Waals surface area contributed by atoms with E-state index in [0.29, 0.717) is 24.4 Å². The Bertz CT molecular complexity index is 450. The molecule has 0 spiro atoms. The fraction of sp³-hybridized carbons (Fsp3) is 0.733. The molecule has 2 N–H and O–H groups in total. The van der Waals surface area contributed by atoms with E-state index < -0.39 is 0 Å². The van der Waals surface area contributed by atoms with Crippen LogP contribution in [0.2, 0.25) is 0 Å². The summed E-state index contributed by atoms with van der Waals surface area (Å²) in [5.74, 6) is -0.102. The van der Waals surface area contributed by atoms with E-state index in [1.165, 1.54) is 0 Å². The molecule has 0 aromatic carbocycles. The van der Waals surface area contributed by atoms with E-state index in [1.54, 1.807) is 6.07 Å². The van der Waals surface area contributed by atoms with Crippen molar-refractivity contribution < 1.29 is 9.53 Å². The molecule has 118 valence electrons. The van der Waals surface area contributed by atoms with Gasteiger partial charge in [-0.15, -0.1) is 0 Å². The summed E-state index contributed by atoms with van der Waals surface area (Å²) in [6.07, 6.45) is 2.38. The summed E-state index contributed by atoms with van der Waals surface area (Å²) in [6.45, 7) is 9.83. The zero-order valence-electron chi connectivity index (χ0n) is 13.2. The van der Waals surface area contributed by atoms with Gasteiger partial charge in [0.15, 0.2) is 0 Å². The number of H-pyrrole nitrogens is 1. The summed E-state index contributed by atoms with van der Waals surface area (Å²) < 4.78 is 5.71. The van der Waals surface area contributed by atoms with E-state index in [4.69, 9.17) is 4.74 Å². The van der Waals surface area contributed by atoms with Crippen molar-refractivity contribution in [1.82, 2.24) is 20.4 Å². The number of carbonyl (C=O) groups excluding carboxylic acids is 1. The third-order valence-electron chi connectivity index (χ3n) is 3.68. The summed E-state index contributed by atoms with van der Waals surface area (Å²) in [7, 11) is 0. The Labute approximate surface area is 126 Å². The van der Waals surface area contributed by atoms with Crippen LogP contribution in [-0.4, -0.2) is 59.4 Å². The number of hydrogen-bond acceptors (Lipinski definition) is 4. The lowest BCUT2D eigenvalue weighted by Crippen LogP contribution is -2.46. The highest BCUT2D eigenvalue weighted by atomic mass is 16.5. The maximum Gasteiger partial charge on any atom is 0.271 e. The molecule has 0 aliphatic carbocycles. The van der Waals surface area contributed by atoms with E-state index in [-0.39, 0.29) is 5.91 Å². The number of amides is 1. The van der Waals surface area contributed by atoms with Crippen LogP contribution in [0.3, 0.4) is 0 Å². The Morgan fingerprint density at radius 1 is 1.48 bits per heavy atom. The number of rotatable bonds is 6. The average Bonchev–Trinajstić information content (AvgIpc) is 2.91. The first-order valence-electron chi connectivity index (χ1n) is 7.78. The summed E-state index contributed by atoms with van der Waals surface area (Å²) in [5.41, 5.74) is 1.46. The molecule has 1 aromatic rings. The SMILES string of the molecule is CCc1cc(C(=O)NCCCN2CC(C)OC(C)C2)n[nH]1. The number of aromatic amines is 1. The zero-order valence-corrected chi connectivity index (χ0v) is 13.2. The summed E-state index contributed by atoms with van der Waals surface area (Å²) in [6, 6.07) is 1.81. The second-order valence-electron chi connectivity index (χ2n) is 5.76. The fourth-order valence-electron chi connectivity index (χ4n) is 2.72. The van der Waals surface area contributed by atoms with E-state index in [0.717, 1.165) is 38.2 Å². The molecule has 1 aromatic heterocycles. The molecule has 2 atom stereocenters. The van der Waals surface area contributed by atoms with Crippen LogP contribution in [0.25, 0.3) is 0 Å². The van der Waals surface area contributed by atoms with Crippen LogP contribution in [0.15, 0.2) is 6.07 Å². The minimum atomic E-state index is -0.102. The van der Waals surface area contributed by atoms with Gasteiger partial charge in [-0.1, -0.05) is 6.92 Å². The van der Waals surface area contributed by atoms with Gasteiger partial charge in [0, 0.05) is 31.9 Å². The van der Waals surface area contributed by atoms with Crippen LogP contribution >= 0.6 is 0 Å². The van der Waals surface area contributed by atoms with Crippen LogP contribution in [0.4, 0.5) is 0 Å². The number of aromatic nitrogens is 2. The number of nitrogens with one attached hydrogen (secondary N) is 2. The number of aryl methyl sites for hydroxylation is 1. The van der Waals surface area contributed by atoms with Crippen molar-refractivity contribution in [3.05, 3.63) is 17.5 Å². The lowest BCUT2D eigenvalue weighted by atomic mass is 10.2. The molecule has 21 heavy (non-hydrogen) atoms. The van der Waals surface area contributed by atoms with E-state index in [9.17, 15) is 4.79 Å². The molecule has 2 unspecified atom stereocenters. The summed E-state index contributed by atoms with van der Waals surface area (Å²) >= 11 is 0. The standard InChI is InChI=1S/C15H26N4O2/c1-4-13-8-14(18-17-13)15(20)16-6-5-7-19-9-11(2)21-12(3)10-19/h8,11-12H,4-7,9-10H2,1-3H3,(H,16,20)(H,17,18). The van der Waals surface area contributed by atoms with E-state index >= 15 is 0 Å². The molecule has 1 amide bonds. The predicted molar refractivity (Wildman–Crippen MR) is 81.4 cm³/mol. The monoisotopic (exact) mass is 294 g/mol.